The van der Waals surface area contributed by atoms with Gasteiger partial charge in [0.2, 0.25) is 0 Å². The Kier molecular flexibility index (Phi) is 6.12. The molecule has 2 aromatic heterocycles. The molecular weight excluding hydrogens is 410 g/mol. The van der Waals surface area contributed by atoms with Crippen LogP contribution in [0.5, 0.6) is 11.5 Å². The lowest BCUT2D eigenvalue weighted by Gasteiger charge is -2.12. The van der Waals surface area contributed by atoms with Crippen LogP contribution in [0, 0.1) is 0 Å². The summed E-state index contributed by atoms with van der Waals surface area (Å²) in [7, 11) is 0. The smallest absolute Gasteiger partial charge is 0.339 e. The van der Waals surface area contributed by atoms with Crippen LogP contribution in [0.1, 0.15) is 72.5 Å². The maximum absolute atomic E-state index is 12.9. The first-order chi connectivity index (χ1) is 15.3. The average Bonchev–Trinajstić information content (AvgIpc) is 3.07. The third-order valence-corrected chi connectivity index (χ3v) is 5.29. The Hall–Kier alpha value is -3.42. The lowest BCUT2D eigenvalue weighted by Crippen LogP contribution is -2.15. The van der Waals surface area contributed by atoms with Gasteiger partial charge in [0.25, 0.3) is 0 Å². The molecule has 0 saturated heterocycles. The van der Waals surface area contributed by atoms with Gasteiger partial charge >= 0.3 is 5.97 Å². The molecule has 4 rings (SSSR count). The number of aromatic nitrogens is 3. The van der Waals surface area contributed by atoms with Crippen molar-refractivity contribution >= 4 is 22.8 Å². The zero-order valence-electron chi connectivity index (χ0n) is 18.8. The molecule has 0 bridgehead atoms. The quantitative estimate of drug-likeness (QED) is 0.418. The zero-order valence-corrected chi connectivity index (χ0v) is 18.8. The average molecular weight is 437 g/mol. The van der Waals surface area contributed by atoms with E-state index in [1.54, 1.807) is 35.1 Å². The number of ether oxygens (including phenoxy) is 3. The predicted octanol–water partition coefficient (Wildman–Crippen LogP) is 4.34. The molecule has 3 aromatic rings. The van der Waals surface area contributed by atoms with E-state index in [2.05, 4.69) is 5.10 Å². The van der Waals surface area contributed by atoms with E-state index in [1.165, 1.54) is 0 Å². The molecule has 1 aliphatic rings. The lowest BCUT2D eigenvalue weighted by atomic mass is 10.1. The topological polar surface area (TPSA) is 92.5 Å². The van der Waals surface area contributed by atoms with Crippen LogP contribution in [0.15, 0.2) is 30.5 Å². The van der Waals surface area contributed by atoms with Crippen LogP contribution < -0.4 is 9.47 Å². The summed E-state index contributed by atoms with van der Waals surface area (Å²) in [5, 5.41) is 4.99. The van der Waals surface area contributed by atoms with E-state index in [4.69, 9.17) is 19.2 Å². The molecule has 0 aliphatic carbocycles. The third kappa shape index (κ3) is 4.30. The largest absolute Gasteiger partial charge is 0.490 e. The van der Waals surface area contributed by atoms with Gasteiger partial charge in [-0.2, -0.15) is 5.10 Å². The molecule has 0 unspecified atom stereocenters. The molecule has 1 aliphatic heterocycles. The minimum Gasteiger partial charge on any atom is -0.490 e. The highest BCUT2D eigenvalue weighted by atomic mass is 16.5. The van der Waals surface area contributed by atoms with Gasteiger partial charge in [-0.3, -0.25) is 4.79 Å². The zero-order chi connectivity index (χ0) is 22.8. The molecule has 0 spiro atoms. The Morgan fingerprint density at radius 3 is 2.56 bits per heavy atom. The number of Topliss-reactive ketones (excluding diaryl/α,β-unsaturated/α-hetero) is 1. The van der Waals surface area contributed by atoms with Crippen LogP contribution in [0.2, 0.25) is 0 Å². The van der Waals surface area contributed by atoms with Gasteiger partial charge in [-0.25, -0.2) is 14.5 Å². The summed E-state index contributed by atoms with van der Waals surface area (Å²) >= 11 is 0. The molecule has 0 fully saturated rings. The third-order valence-electron chi connectivity index (χ3n) is 5.29. The fourth-order valence-corrected chi connectivity index (χ4v) is 3.51. The van der Waals surface area contributed by atoms with Crippen molar-refractivity contribution in [1.82, 2.24) is 14.8 Å². The highest BCUT2D eigenvalue weighted by Gasteiger charge is 2.21. The molecule has 0 radical (unpaired) electrons. The van der Waals surface area contributed by atoms with Crippen LogP contribution in [0.25, 0.3) is 11.0 Å². The van der Waals surface area contributed by atoms with Crippen LogP contribution >= 0.6 is 0 Å². The van der Waals surface area contributed by atoms with Crippen molar-refractivity contribution in [1.29, 1.82) is 0 Å². The summed E-state index contributed by atoms with van der Waals surface area (Å²) in [5.74, 6) is 0.355. The van der Waals surface area contributed by atoms with Crippen molar-refractivity contribution < 1.29 is 23.8 Å². The molecule has 0 amide bonds. The summed E-state index contributed by atoms with van der Waals surface area (Å²) in [6, 6.07) is 6.80. The SMILES string of the molecule is CC(C)c1cc(C(=O)OCC(=O)c2ccc3c(c2)OCCCO3)c2cnn(C(C)C)c2n1. The minimum absolute atomic E-state index is 0.0901. The van der Waals surface area contributed by atoms with Crippen molar-refractivity contribution in [3.63, 3.8) is 0 Å². The van der Waals surface area contributed by atoms with Gasteiger partial charge in [-0.1, -0.05) is 13.8 Å². The van der Waals surface area contributed by atoms with E-state index in [0.717, 1.165) is 12.1 Å². The molecule has 8 nitrogen and oxygen atoms in total. The van der Waals surface area contributed by atoms with Gasteiger partial charge in [-0.05, 0) is 44.0 Å². The molecule has 0 N–H and O–H groups in total. The summed E-state index contributed by atoms with van der Waals surface area (Å²) in [5.41, 5.74) is 2.16. The van der Waals surface area contributed by atoms with Gasteiger partial charge in [-0.15, -0.1) is 0 Å². The van der Waals surface area contributed by atoms with E-state index in [9.17, 15) is 9.59 Å². The number of fused-ring (bicyclic) bond motifs is 2. The van der Waals surface area contributed by atoms with Crippen molar-refractivity contribution in [3.8, 4) is 11.5 Å². The molecule has 8 heteroatoms. The standard InChI is InChI=1S/C24H27N3O5/c1-14(2)19-11-17(18-12-25-27(15(3)4)23(18)26-19)24(29)32-13-20(28)16-6-7-21-22(10-16)31-9-5-8-30-21/h6-7,10-12,14-15H,5,8-9,13H2,1-4H3. The number of pyridine rings is 1. The number of carbonyl (C=O) groups excluding carboxylic acids is 2. The number of rotatable bonds is 6. The van der Waals surface area contributed by atoms with Crippen LogP contribution in [0.3, 0.4) is 0 Å². The van der Waals surface area contributed by atoms with E-state index in [0.29, 0.717) is 46.9 Å². The molecule has 0 atom stereocenters. The van der Waals surface area contributed by atoms with E-state index in [-0.39, 0.29) is 24.3 Å². The summed E-state index contributed by atoms with van der Waals surface area (Å²) < 4.78 is 18.4. The maximum atomic E-state index is 12.9. The summed E-state index contributed by atoms with van der Waals surface area (Å²) in [6.45, 7) is 8.74. The molecule has 32 heavy (non-hydrogen) atoms. The molecular formula is C24H27N3O5. The number of ketones is 1. The number of nitrogens with zero attached hydrogens (tertiary/aromatic N) is 3. The molecule has 3 heterocycles. The second-order valence-corrected chi connectivity index (χ2v) is 8.38. The second kappa shape index (κ2) is 8.98. The molecule has 168 valence electrons. The number of carbonyl (C=O) groups is 2. The number of esters is 1. The first-order valence-electron chi connectivity index (χ1n) is 10.8. The second-order valence-electron chi connectivity index (χ2n) is 8.38. The number of hydrogen-bond donors (Lipinski definition) is 0. The first-order valence-corrected chi connectivity index (χ1v) is 10.8. The highest BCUT2D eigenvalue weighted by molar-refractivity contribution is 6.04. The Labute approximate surface area is 186 Å². The lowest BCUT2D eigenvalue weighted by molar-refractivity contribution is 0.0476. The van der Waals surface area contributed by atoms with E-state index < -0.39 is 5.97 Å². The minimum atomic E-state index is -0.578. The first kappa shape index (κ1) is 21.8. The van der Waals surface area contributed by atoms with Gasteiger partial charge in [0.05, 0.1) is 30.4 Å². The van der Waals surface area contributed by atoms with Crippen molar-refractivity contribution in [2.45, 2.75) is 46.1 Å². The molecule has 1 aromatic carbocycles. The van der Waals surface area contributed by atoms with Crippen LogP contribution in [-0.4, -0.2) is 46.3 Å². The van der Waals surface area contributed by atoms with Gasteiger partial charge in [0.15, 0.2) is 29.5 Å². The van der Waals surface area contributed by atoms with Gasteiger partial charge in [0, 0.05) is 23.7 Å². The fraction of sp³-hybridized carbons (Fsp3) is 0.417. The summed E-state index contributed by atoms with van der Waals surface area (Å²) in [6.07, 6.45) is 2.40. The van der Waals surface area contributed by atoms with E-state index >= 15 is 0 Å². The van der Waals surface area contributed by atoms with Crippen molar-refractivity contribution in [2.24, 2.45) is 0 Å². The Morgan fingerprint density at radius 2 is 1.84 bits per heavy atom. The van der Waals surface area contributed by atoms with Crippen LogP contribution in [0.4, 0.5) is 0 Å². The van der Waals surface area contributed by atoms with Crippen LogP contribution in [-0.2, 0) is 4.74 Å². The molecule has 0 saturated carbocycles. The Bertz CT molecular complexity index is 1170. The monoisotopic (exact) mass is 437 g/mol. The van der Waals surface area contributed by atoms with Crippen molar-refractivity contribution in [3.05, 3.63) is 47.3 Å². The Balaban J connectivity index is 1.55. The Morgan fingerprint density at radius 1 is 1.09 bits per heavy atom. The maximum Gasteiger partial charge on any atom is 0.339 e. The normalized spacial score (nSPS) is 13.4. The highest BCUT2D eigenvalue weighted by Crippen LogP contribution is 2.31. The van der Waals surface area contributed by atoms with E-state index in [1.807, 2.05) is 27.7 Å². The van der Waals surface area contributed by atoms with Gasteiger partial charge < -0.3 is 14.2 Å². The predicted molar refractivity (Wildman–Crippen MR) is 119 cm³/mol. The fourth-order valence-electron chi connectivity index (χ4n) is 3.51. The number of benzene rings is 1. The number of hydrogen-bond acceptors (Lipinski definition) is 7. The van der Waals surface area contributed by atoms with Gasteiger partial charge in [0.1, 0.15) is 0 Å². The van der Waals surface area contributed by atoms with Crippen molar-refractivity contribution in [2.75, 3.05) is 19.8 Å². The summed E-state index contributed by atoms with van der Waals surface area (Å²) in [4.78, 5) is 30.3.